The van der Waals surface area contributed by atoms with Gasteiger partial charge in [-0.25, -0.2) is 0 Å². The number of ether oxygens (including phenoxy) is 1. The SMILES string of the molecule is CC(C#N)CN(C)C(=O)c1ccc2c(c1)CCO2. The summed E-state index contributed by atoms with van der Waals surface area (Å²) in [6, 6.07) is 7.64. The number of benzene rings is 1. The zero-order chi connectivity index (χ0) is 13.1. The molecule has 1 aliphatic heterocycles. The average molecular weight is 244 g/mol. The third-order valence-corrected chi connectivity index (χ3v) is 3.05. The lowest BCUT2D eigenvalue weighted by atomic mass is 10.1. The number of nitriles is 1. The Labute approximate surface area is 107 Å². The van der Waals surface area contributed by atoms with E-state index in [1.165, 1.54) is 0 Å². The number of fused-ring (bicyclic) bond motifs is 1. The summed E-state index contributed by atoms with van der Waals surface area (Å²) < 4.78 is 5.41. The highest BCUT2D eigenvalue weighted by Crippen LogP contribution is 2.26. The van der Waals surface area contributed by atoms with E-state index in [2.05, 4.69) is 6.07 Å². The molecule has 1 aliphatic rings. The Morgan fingerprint density at radius 3 is 3.11 bits per heavy atom. The predicted molar refractivity (Wildman–Crippen MR) is 67.4 cm³/mol. The topological polar surface area (TPSA) is 53.3 Å². The Balaban J connectivity index is 2.12. The number of carbonyl (C=O) groups is 1. The van der Waals surface area contributed by atoms with Gasteiger partial charge in [0, 0.05) is 25.6 Å². The first-order valence-corrected chi connectivity index (χ1v) is 6.02. The third-order valence-electron chi connectivity index (χ3n) is 3.05. The number of rotatable bonds is 3. The molecule has 0 bridgehead atoms. The van der Waals surface area contributed by atoms with Gasteiger partial charge in [0.25, 0.3) is 5.91 Å². The lowest BCUT2D eigenvalue weighted by Crippen LogP contribution is -2.30. The molecular formula is C14H16N2O2. The van der Waals surface area contributed by atoms with Gasteiger partial charge >= 0.3 is 0 Å². The monoisotopic (exact) mass is 244 g/mol. The van der Waals surface area contributed by atoms with Crippen molar-refractivity contribution < 1.29 is 9.53 Å². The number of hydrogen-bond acceptors (Lipinski definition) is 3. The fraction of sp³-hybridized carbons (Fsp3) is 0.429. The molecule has 0 saturated heterocycles. The Kier molecular flexibility index (Phi) is 3.52. The molecule has 0 aliphatic carbocycles. The molecule has 4 heteroatoms. The summed E-state index contributed by atoms with van der Waals surface area (Å²) in [7, 11) is 1.72. The Morgan fingerprint density at radius 2 is 2.39 bits per heavy atom. The van der Waals surface area contributed by atoms with E-state index in [1.54, 1.807) is 24.9 Å². The fourth-order valence-corrected chi connectivity index (χ4v) is 2.07. The molecule has 2 rings (SSSR count). The molecule has 1 unspecified atom stereocenters. The molecule has 1 aromatic rings. The lowest BCUT2D eigenvalue weighted by Gasteiger charge is -2.18. The molecule has 4 nitrogen and oxygen atoms in total. The fourth-order valence-electron chi connectivity index (χ4n) is 2.07. The van der Waals surface area contributed by atoms with Crippen molar-refractivity contribution in [1.29, 1.82) is 5.26 Å². The Hall–Kier alpha value is -2.02. The first-order valence-electron chi connectivity index (χ1n) is 6.02. The predicted octanol–water partition coefficient (Wildman–Crippen LogP) is 1.85. The molecule has 0 aromatic heterocycles. The van der Waals surface area contributed by atoms with Crippen molar-refractivity contribution in [2.75, 3.05) is 20.2 Å². The van der Waals surface area contributed by atoms with Crippen molar-refractivity contribution in [2.24, 2.45) is 5.92 Å². The molecule has 1 heterocycles. The molecule has 0 radical (unpaired) electrons. The highest BCUT2D eigenvalue weighted by molar-refractivity contribution is 5.94. The molecule has 0 saturated carbocycles. The van der Waals surface area contributed by atoms with E-state index >= 15 is 0 Å². The van der Waals surface area contributed by atoms with Crippen LogP contribution in [0.25, 0.3) is 0 Å². The summed E-state index contributed by atoms with van der Waals surface area (Å²) in [4.78, 5) is 13.8. The quantitative estimate of drug-likeness (QED) is 0.815. The maximum Gasteiger partial charge on any atom is 0.253 e. The standard InChI is InChI=1S/C14H16N2O2/c1-10(8-15)9-16(2)14(17)12-3-4-13-11(7-12)5-6-18-13/h3-4,7,10H,5-6,9H2,1-2H3. The van der Waals surface area contributed by atoms with Crippen molar-refractivity contribution in [3.8, 4) is 11.8 Å². The second kappa shape index (κ2) is 5.09. The number of carbonyl (C=O) groups excluding carboxylic acids is 1. The van der Waals surface area contributed by atoms with E-state index in [1.807, 2.05) is 12.1 Å². The maximum absolute atomic E-state index is 12.2. The van der Waals surface area contributed by atoms with Crippen LogP contribution in [0, 0.1) is 17.2 Å². The van der Waals surface area contributed by atoms with Gasteiger partial charge in [-0.1, -0.05) is 0 Å². The van der Waals surface area contributed by atoms with Gasteiger partial charge in [0.15, 0.2) is 0 Å². The van der Waals surface area contributed by atoms with Gasteiger partial charge in [0.2, 0.25) is 0 Å². The van der Waals surface area contributed by atoms with Crippen LogP contribution in [-0.4, -0.2) is 31.0 Å². The summed E-state index contributed by atoms with van der Waals surface area (Å²) in [5, 5.41) is 8.76. The van der Waals surface area contributed by atoms with Gasteiger partial charge in [-0.2, -0.15) is 5.26 Å². The van der Waals surface area contributed by atoms with E-state index in [0.29, 0.717) is 18.7 Å². The van der Waals surface area contributed by atoms with Crippen LogP contribution in [0.4, 0.5) is 0 Å². The summed E-state index contributed by atoms with van der Waals surface area (Å²) >= 11 is 0. The van der Waals surface area contributed by atoms with Crippen molar-refractivity contribution in [3.05, 3.63) is 29.3 Å². The van der Waals surface area contributed by atoms with E-state index in [9.17, 15) is 4.79 Å². The second-order valence-electron chi connectivity index (χ2n) is 4.64. The number of nitrogens with zero attached hydrogens (tertiary/aromatic N) is 2. The van der Waals surface area contributed by atoms with Gasteiger partial charge in [0.1, 0.15) is 5.75 Å². The van der Waals surface area contributed by atoms with Gasteiger partial charge in [-0.3, -0.25) is 4.79 Å². The van der Waals surface area contributed by atoms with Crippen LogP contribution in [0.2, 0.25) is 0 Å². The van der Waals surface area contributed by atoms with E-state index in [0.717, 1.165) is 17.7 Å². The van der Waals surface area contributed by atoms with Crippen LogP contribution in [0.1, 0.15) is 22.8 Å². The molecule has 0 spiro atoms. The molecule has 0 N–H and O–H groups in total. The van der Waals surface area contributed by atoms with Crippen molar-refractivity contribution in [1.82, 2.24) is 4.90 Å². The average Bonchev–Trinajstić information content (AvgIpc) is 2.84. The Morgan fingerprint density at radius 1 is 1.61 bits per heavy atom. The Bertz CT molecular complexity index is 505. The summed E-state index contributed by atoms with van der Waals surface area (Å²) in [6.07, 6.45) is 0.856. The normalized spacial score (nSPS) is 14.3. The smallest absolute Gasteiger partial charge is 0.253 e. The van der Waals surface area contributed by atoms with Crippen LogP contribution >= 0.6 is 0 Å². The molecule has 1 aromatic carbocycles. The minimum absolute atomic E-state index is 0.0493. The molecule has 18 heavy (non-hydrogen) atoms. The van der Waals surface area contributed by atoms with Crippen LogP contribution in [-0.2, 0) is 6.42 Å². The summed E-state index contributed by atoms with van der Waals surface area (Å²) in [6.45, 7) is 2.94. The number of amides is 1. The minimum Gasteiger partial charge on any atom is -0.493 e. The molecule has 1 amide bonds. The third kappa shape index (κ3) is 2.45. The van der Waals surface area contributed by atoms with E-state index in [-0.39, 0.29) is 11.8 Å². The largest absolute Gasteiger partial charge is 0.493 e. The van der Waals surface area contributed by atoms with Crippen molar-refractivity contribution in [3.63, 3.8) is 0 Å². The summed E-state index contributed by atoms with van der Waals surface area (Å²) in [5.41, 5.74) is 1.74. The van der Waals surface area contributed by atoms with Crippen molar-refractivity contribution in [2.45, 2.75) is 13.3 Å². The summed E-state index contributed by atoms with van der Waals surface area (Å²) in [5.74, 6) is 0.670. The highest BCUT2D eigenvalue weighted by Gasteiger charge is 2.18. The van der Waals surface area contributed by atoms with E-state index in [4.69, 9.17) is 10.00 Å². The van der Waals surface area contributed by atoms with E-state index < -0.39 is 0 Å². The van der Waals surface area contributed by atoms with Crippen molar-refractivity contribution >= 4 is 5.91 Å². The second-order valence-corrected chi connectivity index (χ2v) is 4.64. The molecule has 1 atom stereocenters. The first kappa shape index (κ1) is 12.4. The van der Waals surface area contributed by atoms with Crippen LogP contribution < -0.4 is 4.74 Å². The van der Waals surface area contributed by atoms with Crippen LogP contribution in [0.5, 0.6) is 5.75 Å². The number of hydrogen-bond donors (Lipinski definition) is 0. The lowest BCUT2D eigenvalue weighted by molar-refractivity contribution is 0.0785. The van der Waals surface area contributed by atoms with Gasteiger partial charge in [0.05, 0.1) is 18.6 Å². The van der Waals surface area contributed by atoms with Crippen LogP contribution in [0.3, 0.4) is 0 Å². The maximum atomic E-state index is 12.2. The molecule has 0 fully saturated rings. The zero-order valence-corrected chi connectivity index (χ0v) is 10.6. The van der Waals surface area contributed by atoms with Gasteiger partial charge in [-0.15, -0.1) is 0 Å². The zero-order valence-electron chi connectivity index (χ0n) is 10.6. The van der Waals surface area contributed by atoms with Gasteiger partial charge in [-0.05, 0) is 30.7 Å². The first-order chi connectivity index (χ1) is 8.61. The van der Waals surface area contributed by atoms with Gasteiger partial charge < -0.3 is 9.64 Å². The molecule has 94 valence electrons. The molecular weight excluding hydrogens is 228 g/mol. The minimum atomic E-state index is -0.156. The highest BCUT2D eigenvalue weighted by atomic mass is 16.5. The van der Waals surface area contributed by atoms with Crippen LogP contribution in [0.15, 0.2) is 18.2 Å².